The van der Waals surface area contributed by atoms with Crippen LogP contribution in [0, 0.1) is 6.92 Å². The summed E-state index contributed by atoms with van der Waals surface area (Å²) in [6.45, 7) is 6.35. The van der Waals surface area contributed by atoms with E-state index in [9.17, 15) is 9.59 Å². The number of anilines is 1. The Morgan fingerprint density at radius 1 is 1.08 bits per heavy atom. The van der Waals surface area contributed by atoms with Gasteiger partial charge in [-0.2, -0.15) is 10.1 Å². The fourth-order valence-electron chi connectivity index (χ4n) is 3.58. The van der Waals surface area contributed by atoms with Gasteiger partial charge in [-0.25, -0.2) is 9.48 Å². The highest BCUT2D eigenvalue weighted by Gasteiger charge is 2.17. The van der Waals surface area contributed by atoms with E-state index in [1.54, 1.807) is 36.7 Å². The van der Waals surface area contributed by atoms with Gasteiger partial charge in [0.25, 0.3) is 0 Å². The number of rotatable bonds is 10. The van der Waals surface area contributed by atoms with Crippen LogP contribution in [0.15, 0.2) is 59.3 Å². The number of nitrogens with one attached hydrogen (secondary N) is 1. The number of aromatic nitrogens is 4. The van der Waals surface area contributed by atoms with Crippen molar-refractivity contribution < 1.29 is 23.6 Å². The van der Waals surface area contributed by atoms with E-state index in [0.717, 1.165) is 11.3 Å². The fourth-order valence-corrected chi connectivity index (χ4v) is 3.58. The number of esters is 1. The van der Waals surface area contributed by atoms with Crippen molar-refractivity contribution >= 4 is 17.6 Å². The first-order valence-corrected chi connectivity index (χ1v) is 11.7. The van der Waals surface area contributed by atoms with Crippen LogP contribution < -0.4 is 10.1 Å². The molecule has 0 aliphatic heterocycles. The van der Waals surface area contributed by atoms with Crippen LogP contribution >= 0.6 is 0 Å². The zero-order valence-electron chi connectivity index (χ0n) is 20.4. The molecule has 4 rings (SSSR count). The second kappa shape index (κ2) is 11.3. The van der Waals surface area contributed by atoms with Crippen LogP contribution in [-0.4, -0.2) is 45.0 Å². The highest BCUT2D eigenvalue weighted by atomic mass is 16.5. The molecule has 0 atom stereocenters. The van der Waals surface area contributed by atoms with Gasteiger partial charge in [0.15, 0.2) is 0 Å². The normalized spacial score (nSPS) is 10.8. The van der Waals surface area contributed by atoms with Crippen molar-refractivity contribution in [1.82, 2.24) is 19.9 Å². The largest absolute Gasteiger partial charge is 0.494 e. The molecule has 2 aromatic carbocycles. The van der Waals surface area contributed by atoms with E-state index in [2.05, 4.69) is 20.6 Å². The molecule has 2 heterocycles. The average Bonchev–Trinajstić information content (AvgIpc) is 3.51. The minimum absolute atomic E-state index is 0.170. The lowest BCUT2D eigenvalue weighted by Gasteiger charge is -2.09. The van der Waals surface area contributed by atoms with Crippen LogP contribution in [-0.2, 0) is 16.0 Å². The molecule has 10 heteroatoms. The molecule has 0 saturated heterocycles. The van der Waals surface area contributed by atoms with E-state index < -0.39 is 5.97 Å². The third-order valence-corrected chi connectivity index (χ3v) is 5.34. The lowest BCUT2D eigenvalue weighted by atomic mass is 10.2. The van der Waals surface area contributed by atoms with E-state index in [4.69, 9.17) is 14.0 Å². The van der Waals surface area contributed by atoms with E-state index >= 15 is 0 Å². The van der Waals surface area contributed by atoms with Gasteiger partial charge >= 0.3 is 5.97 Å². The first kappa shape index (κ1) is 24.6. The minimum Gasteiger partial charge on any atom is -0.494 e. The van der Waals surface area contributed by atoms with Crippen LogP contribution in [0.3, 0.4) is 0 Å². The molecule has 0 spiro atoms. The molecule has 0 saturated carbocycles. The quantitative estimate of drug-likeness (QED) is 0.326. The lowest BCUT2D eigenvalue weighted by molar-refractivity contribution is -0.116. The molecule has 10 nitrogen and oxygen atoms in total. The zero-order chi connectivity index (χ0) is 25.5. The van der Waals surface area contributed by atoms with Crippen LogP contribution in [0.2, 0.25) is 0 Å². The van der Waals surface area contributed by atoms with Gasteiger partial charge in [0.05, 0.1) is 30.8 Å². The molecule has 0 bridgehead atoms. The summed E-state index contributed by atoms with van der Waals surface area (Å²) in [7, 11) is 0. The third kappa shape index (κ3) is 5.77. The molecule has 0 fully saturated rings. The molecule has 186 valence electrons. The number of carbonyl (C=O) groups excluding carboxylic acids is 2. The molecule has 0 unspecified atom stereocenters. The second-order valence-corrected chi connectivity index (χ2v) is 7.84. The maximum Gasteiger partial charge on any atom is 0.341 e. The summed E-state index contributed by atoms with van der Waals surface area (Å²) in [5, 5.41) is 11.2. The molecule has 36 heavy (non-hydrogen) atoms. The third-order valence-electron chi connectivity index (χ3n) is 5.34. The minimum atomic E-state index is -0.419. The number of ether oxygens (including phenoxy) is 2. The number of nitrogens with zero attached hydrogens (tertiary/aromatic N) is 4. The molecular formula is C26H27N5O5. The standard InChI is InChI=1S/C26H27N5O5/c1-4-34-21-11-9-18(10-12-21)25-29-24(36-30-25)14-13-23(32)28-19-7-6-8-20(15-19)31-17(3)22(16-27-31)26(33)35-5-2/h6-12,15-16H,4-5,13-14H2,1-3H3,(H,28,32). The Labute approximate surface area is 208 Å². The van der Waals surface area contributed by atoms with Crippen LogP contribution in [0.5, 0.6) is 5.75 Å². The van der Waals surface area contributed by atoms with Gasteiger partial charge in [0.2, 0.25) is 17.6 Å². The van der Waals surface area contributed by atoms with E-state index in [-0.39, 0.29) is 18.9 Å². The predicted molar refractivity (Wildman–Crippen MR) is 132 cm³/mol. The molecule has 0 radical (unpaired) electrons. The molecule has 0 aliphatic carbocycles. The number of amides is 1. The van der Waals surface area contributed by atoms with Crippen LogP contribution in [0.25, 0.3) is 17.1 Å². The van der Waals surface area contributed by atoms with Gasteiger partial charge in [-0.05, 0) is 63.2 Å². The van der Waals surface area contributed by atoms with Gasteiger partial charge in [0.1, 0.15) is 11.3 Å². The van der Waals surface area contributed by atoms with Gasteiger partial charge in [-0.3, -0.25) is 4.79 Å². The average molecular weight is 490 g/mol. The number of carbonyl (C=O) groups is 2. The van der Waals surface area contributed by atoms with Crippen LogP contribution in [0.4, 0.5) is 5.69 Å². The number of hydrogen-bond acceptors (Lipinski definition) is 8. The van der Waals surface area contributed by atoms with Gasteiger partial charge in [-0.1, -0.05) is 11.2 Å². The van der Waals surface area contributed by atoms with Gasteiger partial charge < -0.3 is 19.3 Å². The first-order chi connectivity index (χ1) is 17.5. The molecule has 1 N–H and O–H groups in total. The van der Waals surface area contributed by atoms with Crippen molar-refractivity contribution in [3.8, 4) is 22.8 Å². The summed E-state index contributed by atoms with van der Waals surface area (Å²) >= 11 is 0. The van der Waals surface area contributed by atoms with Crippen molar-refractivity contribution in [2.24, 2.45) is 0 Å². The van der Waals surface area contributed by atoms with Crippen molar-refractivity contribution in [1.29, 1.82) is 0 Å². The highest BCUT2D eigenvalue weighted by molar-refractivity contribution is 5.91. The summed E-state index contributed by atoms with van der Waals surface area (Å²) in [4.78, 5) is 29.0. The molecule has 1 amide bonds. The SMILES string of the molecule is CCOC(=O)c1cnn(-c2cccc(NC(=O)CCc3nc(-c4ccc(OCC)cc4)no3)c2)c1C. The maximum atomic E-state index is 12.5. The van der Waals surface area contributed by atoms with Gasteiger partial charge in [-0.15, -0.1) is 0 Å². The van der Waals surface area contributed by atoms with Crippen LogP contribution in [0.1, 0.15) is 42.2 Å². The summed E-state index contributed by atoms with van der Waals surface area (Å²) in [5.74, 6) is 0.988. The summed E-state index contributed by atoms with van der Waals surface area (Å²) < 4.78 is 17.4. The Bertz CT molecular complexity index is 1340. The van der Waals surface area contributed by atoms with E-state index in [0.29, 0.717) is 47.4 Å². The monoisotopic (exact) mass is 489 g/mol. The Morgan fingerprint density at radius 3 is 2.64 bits per heavy atom. The zero-order valence-corrected chi connectivity index (χ0v) is 20.4. The summed E-state index contributed by atoms with van der Waals surface area (Å²) in [6, 6.07) is 14.6. The number of hydrogen-bond donors (Lipinski definition) is 1. The Morgan fingerprint density at radius 2 is 1.89 bits per heavy atom. The van der Waals surface area contributed by atoms with Crippen molar-refractivity contribution in [3.63, 3.8) is 0 Å². The second-order valence-electron chi connectivity index (χ2n) is 7.84. The Balaban J connectivity index is 1.36. The van der Waals surface area contributed by atoms with Crippen molar-refractivity contribution in [3.05, 3.63) is 71.9 Å². The molecular weight excluding hydrogens is 462 g/mol. The van der Waals surface area contributed by atoms with E-state index in [1.165, 1.54) is 6.20 Å². The van der Waals surface area contributed by atoms with Crippen molar-refractivity contribution in [2.75, 3.05) is 18.5 Å². The lowest BCUT2D eigenvalue weighted by Crippen LogP contribution is -2.13. The van der Waals surface area contributed by atoms with Crippen molar-refractivity contribution in [2.45, 2.75) is 33.6 Å². The maximum absolute atomic E-state index is 12.5. The summed E-state index contributed by atoms with van der Waals surface area (Å²) in [6.07, 6.45) is 1.95. The smallest absolute Gasteiger partial charge is 0.341 e. The number of benzene rings is 2. The molecule has 4 aromatic rings. The van der Waals surface area contributed by atoms with E-state index in [1.807, 2.05) is 37.3 Å². The summed E-state index contributed by atoms with van der Waals surface area (Å²) in [5.41, 5.74) is 3.16. The Kier molecular flexibility index (Phi) is 7.74. The first-order valence-electron chi connectivity index (χ1n) is 11.7. The topological polar surface area (TPSA) is 121 Å². The highest BCUT2D eigenvalue weighted by Crippen LogP contribution is 2.21. The Hall–Kier alpha value is -4.47. The van der Waals surface area contributed by atoms with Gasteiger partial charge in [0, 0.05) is 24.1 Å². The predicted octanol–water partition coefficient (Wildman–Crippen LogP) is 4.38. The fraction of sp³-hybridized carbons (Fsp3) is 0.269. The number of aryl methyl sites for hydroxylation is 1. The molecule has 0 aliphatic rings. The molecule has 2 aromatic heterocycles.